The van der Waals surface area contributed by atoms with Gasteiger partial charge in [-0.3, -0.25) is 0 Å². The van der Waals surface area contributed by atoms with Gasteiger partial charge in [0.2, 0.25) is 0 Å². The molecule has 0 spiro atoms. The van der Waals surface area contributed by atoms with Gasteiger partial charge >= 0.3 is 16.1 Å². The fourth-order valence-electron chi connectivity index (χ4n) is 0.777. The van der Waals surface area contributed by atoms with E-state index < -0.39 is 16.1 Å². The molecule has 0 unspecified atom stereocenters. The van der Waals surface area contributed by atoms with Crippen molar-refractivity contribution >= 4 is 45.6 Å². The molecule has 15 heavy (non-hydrogen) atoms. The molecule has 1 radical (unpaired) electrons. The molecule has 1 aromatic carbocycles. The SMILES string of the molecule is C=CC(=O)OS(=O)(=O)c1ccccc1.[Na]. The maximum Gasteiger partial charge on any atom is 0.346 e. The van der Waals surface area contributed by atoms with E-state index in [2.05, 4.69) is 10.8 Å². The third-order valence-electron chi connectivity index (χ3n) is 1.39. The molecule has 0 saturated heterocycles. The second kappa shape index (κ2) is 6.07. The van der Waals surface area contributed by atoms with Crippen molar-refractivity contribution in [3.8, 4) is 0 Å². The first-order valence-electron chi connectivity index (χ1n) is 3.72. The molecule has 0 aliphatic rings. The van der Waals surface area contributed by atoms with Gasteiger partial charge in [0.1, 0.15) is 4.90 Å². The summed E-state index contributed by atoms with van der Waals surface area (Å²) in [5.74, 6) is -0.992. The maximum absolute atomic E-state index is 11.3. The van der Waals surface area contributed by atoms with Crippen LogP contribution in [-0.2, 0) is 19.1 Å². The molecule has 0 N–H and O–H groups in total. The smallest absolute Gasteiger partial charge is 0.338 e. The normalized spacial score (nSPS) is 9.87. The van der Waals surface area contributed by atoms with Crippen LogP contribution in [0.4, 0.5) is 0 Å². The predicted molar refractivity (Wildman–Crippen MR) is 55.7 cm³/mol. The fourth-order valence-corrected chi connectivity index (χ4v) is 1.65. The van der Waals surface area contributed by atoms with E-state index >= 15 is 0 Å². The summed E-state index contributed by atoms with van der Waals surface area (Å²) in [6, 6.07) is 7.41. The zero-order valence-electron chi connectivity index (χ0n) is 8.21. The van der Waals surface area contributed by atoms with Gasteiger partial charge in [-0.15, -0.1) is 0 Å². The average Bonchev–Trinajstić information content (AvgIpc) is 2.18. The molecule has 6 heteroatoms. The van der Waals surface area contributed by atoms with Crippen molar-refractivity contribution in [1.29, 1.82) is 0 Å². The summed E-state index contributed by atoms with van der Waals surface area (Å²) in [6.45, 7) is 3.10. The van der Waals surface area contributed by atoms with Crippen molar-refractivity contribution in [3.63, 3.8) is 0 Å². The molecule has 0 amide bonds. The van der Waals surface area contributed by atoms with E-state index in [1.54, 1.807) is 6.07 Å². The van der Waals surface area contributed by atoms with Gasteiger partial charge in [0.05, 0.1) is 0 Å². The van der Waals surface area contributed by atoms with Crippen LogP contribution in [0.25, 0.3) is 0 Å². The molecule has 0 aliphatic carbocycles. The van der Waals surface area contributed by atoms with Crippen molar-refractivity contribution in [2.45, 2.75) is 4.90 Å². The predicted octanol–water partition coefficient (Wildman–Crippen LogP) is 0.724. The van der Waals surface area contributed by atoms with Crippen LogP contribution in [-0.4, -0.2) is 43.9 Å². The molecule has 1 rings (SSSR count). The Bertz CT molecular complexity index is 438. The second-order valence-electron chi connectivity index (χ2n) is 2.37. The van der Waals surface area contributed by atoms with Crippen LogP contribution < -0.4 is 0 Å². The molecule has 0 atom stereocenters. The summed E-state index contributed by atoms with van der Waals surface area (Å²) in [5.41, 5.74) is 0. The molecule has 0 saturated carbocycles. The number of carbonyl (C=O) groups excluding carboxylic acids is 1. The van der Waals surface area contributed by atoms with Crippen molar-refractivity contribution in [3.05, 3.63) is 43.0 Å². The van der Waals surface area contributed by atoms with E-state index in [0.29, 0.717) is 0 Å². The molecule has 75 valence electrons. The Kier molecular flexibility index (Phi) is 5.82. The summed E-state index contributed by atoms with van der Waals surface area (Å²) >= 11 is 0. The van der Waals surface area contributed by atoms with Gasteiger partial charge in [-0.2, -0.15) is 8.42 Å². The van der Waals surface area contributed by atoms with Crippen molar-refractivity contribution in [1.82, 2.24) is 0 Å². The Morgan fingerprint density at radius 2 is 1.80 bits per heavy atom. The van der Waals surface area contributed by atoms with Crippen molar-refractivity contribution < 1.29 is 17.4 Å². The first-order valence-corrected chi connectivity index (χ1v) is 5.13. The first kappa shape index (κ1) is 14.4. The van der Waals surface area contributed by atoms with E-state index in [4.69, 9.17) is 0 Å². The molecule has 0 heterocycles. The minimum atomic E-state index is -3.99. The van der Waals surface area contributed by atoms with Gasteiger partial charge in [0.15, 0.2) is 0 Å². The largest absolute Gasteiger partial charge is 0.346 e. The standard InChI is InChI=1S/C9H8O4S.Na/c1-2-9(10)13-14(11,12)8-6-4-3-5-7-8;/h2-7H,1H2;. The Morgan fingerprint density at radius 3 is 2.27 bits per heavy atom. The Labute approximate surface area is 110 Å². The molecular weight excluding hydrogens is 227 g/mol. The average molecular weight is 235 g/mol. The minimum absolute atomic E-state index is 0. The Hall–Kier alpha value is -0.620. The molecule has 1 aromatic rings. The number of benzene rings is 1. The van der Waals surface area contributed by atoms with Crippen molar-refractivity contribution in [2.75, 3.05) is 0 Å². The molecule has 0 aromatic heterocycles. The zero-order valence-corrected chi connectivity index (χ0v) is 11.0. The van der Waals surface area contributed by atoms with E-state index in [1.807, 2.05) is 0 Å². The quantitative estimate of drug-likeness (QED) is 0.440. The summed E-state index contributed by atoms with van der Waals surface area (Å²) in [6.07, 6.45) is 0.792. The van der Waals surface area contributed by atoms with Gasteiger partial charge in [-0.05, 0) is 12.1 Å². The van der Waals surface area contributed by atoms with Gasteiger partial charge in [-0.25, -0.2) is 4.79 Å². The van der Waals surface area contributed by atoms with Crippen LogP contribution in [0.1, 0.15) is 0 Å². The molecular formula is C9H8NaO4S. The van der Waals surface area contributed by atoms with E-state index in [9.17, 15) is 13.2 Å². The van der Waals surface area contributed by atoms with Crippen LogP contribution >= 0.6 is 0 Å². The van der Waals surface area contributed by atoms with E-state index in [1.165, 1.54) is 24.3 Å². The Balaban J connectivity index is 0.00000196. The van der Waals surface area contributed by atoms with Gasteiger partial charge in [0.25, 0.3) is 0 Å². The van der Waals surface area contributed by atoms with Gasteiger partial charge in [0, 0.05) is 35.6 Å². The van der Waals surface area contributed by atoms with Crippen LogP contribution in [0, 0.1) is 0 Å². The fraction of sp³-hybridized carbons (Fsp3) is 0. The number of carbonyl (C=O) groups is 1. The van der Waals surface area contributed by atoms with Crippen molar-refractivity contribution in [2.24, 2.45) is 0 Å². The van der Waals surface area contributed by atoms with Crippen LogP contribution in [0.3, 0.4) is 0 Å². The van der Waals surface area contributed by atoms with E-state index in [0.717, 1.165) is 6.08 Å². The first-order chi connectivity index (χ1) is 6.56. The summed E-state index contributed by atoms with van der Waals surface area (Å²) < 4.78 is 26.8. The third kappa shape index (κ3) is 4.17. The minimum Gasteiger partial charge on any atom is -0.338 e. The number of hydrogen-bond donors (Lipinski definition) is 0. The Morgan fingerprint density at radius 1 is 1.27 bits per heavy atom. The summed E-state index contributed by atoms with van der Waals surface area (Å²) in [7, 11) is -3.99. The topological polar surface area (TPSA) is 60.4 Å². The molecule has 0 bridgehead atoms. The molecule has 0 fully saturated rings. The third-order valence-corrected chi connectivity index (χ3v) is 2.62. The van der Waals surface area contributed by atoms with E-state index in [-0.39, 0.29) is 34.5 Å². The second-order valence-corrected chi connectivity index (χ2v) is 3.92. The van der Waals surface area contributed by atoms with Gasteiger partial charge in [-0.1, -0.05) is 24.8 Å². The summed E-state index contributed by atoms with van der Waals surface area (Å²) in [5, 5.41) is 0. The number of hydrogen-bond acceptors (Lipinski definition) is 4. The number of rotatable bonds is 3. The van der Waals surface area contributed by atoms with Crippen LogP contribution in [0.5, 0.6) is 0 Å². The molecule has 4 nitrogen and oxygen atoms in total. The zero-order chi connectivity index (χ0) is 10.6. The maximum atomic E-state index is 11.3. The van der Waals surface area contributed by atoms with Crippen LogP contribution in [0.2, 0.25) is 0 Å². The molecule has 0 aliphatic heterocycles. The monoisotopic (exact) mass is 235 g/mol. The van der Waals surface area contributed by atoms with Crippen LogP contribution in [0.15, 0.2) is 47.9 Å². The summed E-state index contributed by atoms with van der Waals surface area (Å²) in [4.78, 5) is 10.6. The van der Waals surface area contributed by atoms with Gasteiger partial charge < -0.3 is 4.18 Å².